The van der Waals surface area contributed by atoms with Crippen molar-refractivity contribution in [1.82, 2.24) is 10.3 Å². The number of hydrogen-bond donors (Lipinski definition) is 1. The van der Waals surface area contributed by atoms with Crippen LogP contribution in [0.1, 0.15) is 17.0 Å². The lowest BCUT2D eigenvalue weighted by molar-refractivity contribution is 0.104. The number of hydrogen-bond acceptors (Lipinski definition) is 3. The maximum atomic E-state index is 5.71. The first kappa shape index (κ1) is 14.2. The first-order valence-electron chi connectivity index (χ1n) is 6.20. The molecule has 0 fully saturated rings. The number of aromatic nitrogens is 1. The molecular formula is C15H17BrN2O. The third-order valence-electron chi connectivity index (χ3n) is 2.69. The molecule has 1 aromatic carbocycles. The minimum atomic E-state index is 0.527. The van der Waals surface area contributed by atoms with Crippen molar-refractivity contribution in [1.29, 1.82) is 0 Å². The number of pyridine rings is 1. The van der Waals surface area contributed by atoms with E-state index in [1.807, 2.05) is 43.4 Å². The van der Waals surface area contributed by atoms with Crippen LogP contribution in [0, 0.1) is 0 Å². The van der Waals surface area contributed by atoms with Gasteiger partial charge in [0.05, 0.1) is 24.6 Å². The Morgan fingerprint density at radius 2 is 1.84 bits per heavy atom. The second-order valence-corrected chi connectivity index (χ2v) is 5.09. The highest BCUT2D eigenvalue weighted by Gasteiger charge is 2.01. The number of rotatable bonds is 6. The fourth-order valence-electron chi connectivity index (χ4n) is 1.77. The molecule has 3 nitrogen and oxygen atoms in total. The van der Waals surface area contributed by atoms with Crippen LogP contribution >= 0.6 is 15.9 Å². The molecule has 0 saturated carbocycles. The van der Waals surface area contributed by atoms with Gasteiger partial charge in [-0.05, 0) is 30.8 Å². The summed E-state index contributed by atoms with van der Waals surface area (Å²) in [7, 11) is 1.91. The summed E-state index contributed by atoms with van der Waals surface area (Å²) in [6.45, 7) is 1.89. The quantitative estimate of drug-likeness (QED) is 0.887. The Morgan fingerprint density at radius 1 is 1.05 bits per heavy atom. The summed E-state index contributed by atoms with van der Waals surface area (Å²) >= 11 is 3.51. The van der Waals surface area contributed by atoms with E-state index in [1.165, 1.54) is 0 Å². The molecule has 0 aliphatic rings. The third-order valence-corrected chi connectivity index (χ3v) is 3.46. The molecule has 0 saturated heterocycles. The van der Waals surface area contributed by atoms with Crippen molar-refractivity contribution in [2.45, 2.75) is 19.8 Å². The largest absolute Gasteiger partial charge is 0.370 e. The van der Waals surface area contributed by atoms with E-state index in [-0.39, 0.29) is 0 Å². The number of halogens is 1. The molecule has 1 aromatic heterocycles. The van der Waals surface area contributed by atoms with Gasteiger partial charge in [0.15, 0.2) is 0 Å². The lowest BCUT2D eigenvalue weighted by Gasteiger charge is -2.07. The van der Waals surface area contributed by atoms with E-state index in [9.17, 15) is 0 Å². The topological polar surface area (TPSA) is 34.1 Å². The molecule has 0 unspecified atom stereocenters. The highest BCUT2D eigenvalue weighted by Crippen LogP contribution is 2.17. The van der Waals surface area contributed by atoms with Crippen LogP contribution in [0.25, 0.3) is 0 Å². The zero-order chi connectivity index (χ0) is 13.5. The average Bonchev–Trinajstić information content (AvgIpc) is 2.42. The highest BCUT2D eigenvalue weighted by molar-refractivity contribution is 9.10. The highest BCUT2D eigenvalue weighted by atomic mass is 79.9. The van der Waals surface area contributed by atoms with Crippen LogP contribution in [-0.4, -0.2) is 12.0 Å². The van der Waals surface area contributed by atoms with Gasteiger partial charge in [0.2, 0.25) is 0 Å². The van der Waals surface area contributed by atoms with E-state index in [2.05, 4.69) is 32.3 Å². The summed E-state index contributed by atoms with van der Waals surface area (Å²) in [6.07, 6.45) is 0. The van der Waals surface area contributed by atoms with Crippen LogP contribution in [-0.2, 0) is 24.5 Å². The van der Waals surface area contributed by atoms with E-state index in [0.29, 0.717) is 13.2 Å². The van der Waals surface area contributed by atoms with Crippen molar-refractivity contribution in [3.8, 4) is 0 Å². The summed E-state index contributed by atoms with van der Waals surface area (Å²) in [5, 5.41) is 3.09. The van der Waals surface area contributed by atoms with E-state index < -0.39 is 0 Å². The Bertz CT molecular complexity index is 531. The molecule has 0 spiro atoms. The zero-order valence-electron chi connectivity index (χ0n) is 10.9. The smallest absolute Gasteiger partial charge is 0.0892 e. The first-order chi connectivity index (χ1) is 9.29. The molecule has 0 amide bonds. The van der Waals surface area contributed by atoms with Crippen LogP contribution < -0.4 is 5.32 Å². The third kappa shape index (κ3) is 4.42. The van der Waals surface area contributed by atoms with Crippen LogP contribution in [0.3, 0.4) is 0 Å². The summed E-state index contributed by atoms with van der Waals surface area (Å²) in [4.78, 5) is 4.52. The minimum absolute atomic E-state index is 0.527. The van der Waals surface area contributed by atoms with Gasteiger partial charge in [-0.1, -0.05) is 40.2 Å². The molecule has 0 aliphatic heterocycles. The second-order valence-electron chi connectivity index (χ2n) is 4.23. The van der Waals surface area contributed by atoms with Crippen molar-refractivity contribution in [3.05, 3.63) is 63.9 Å². The first-order valence-corrected chi connectivity index (χ1v) is 6.99. The fraction of sp³-hybridized carbons (Fsp3) is 0.267. The van der Waals surface area contributed by atoms with E-state index in [1.54, 1.807) is 0 Å². The van der Waals surface area contributed by atoms with Crippen LogP contribution in [0.2, 0.25) is 0 Å². The molecule has 0 aliphatic carbocycles. The van der Waals surface area contributed by atoms with E-state index in [0.717, 1.165) is 28.0 Å². The summed E-state index contributed by atoms with van der Waals surface area (Å²) in [5.74, 6) is 0. The fourth-order valence-corrected chi connectivity index (χ4v) is 2.17. The van der Waals surface area contributed by atoms with Crippen molar-refractivity contribution in [2.24, 2.45) is 0 Å². The van der Waals surface area contributed by atoms with Gasteiger partial charge in [0.1, 0.15) is 0 Å². The Kier molecular flexibility index (Phi) is 5.51. The summed E-state index contributed by atoms with van der Waals surface area (Å²) in [6, 6.07) is 14.1. The lowest BCUT2D eigenvalue weighted by Crippen LogP contribution is -2.08. The van der Waals surface area contributed by atoms with Gasteiger partial charge >= 0.3 is 0 Å². The van der Waals surface area contributed by atoms with Crippen molar-refractivity contribution in [3.63, 3.8) is 0 Å². The molecule has 1 heterocycles. The molecule has 100 valence electrons. The number of nitrogens with one attached hydrogen (secondary N) is 1. The molecule has 0 atom stereocenters. The van der Waals surface area contributed by atoms with Crippen molar-refractivity contribution < 1.29 is 4.74 Å². The molecule has 0 radical (unpaired) electrons. The SMILES string of the molecule is CNCc1cccc(COCc2ccccc2Br)n1. The van der Waals surface area contributed by atoms with E-state index in [4.69, 9.17) is 4.74 Å². The number of benzene rings is 1. The molecule has 4 heteroatoms. The van der Waals surface area contributed by atoms with Crippen LogP contribution in [0.15, 0.2) is 46.9 Å². The van der Waals surface area contributed by atoms with Crippen LogP contribution in [0.4, 0.5) is 0 Å². The average molecular weight is 321 g/mol. The van der Waals surface area contributed by atoms with Gasteiger partial charge < -0.3 is 10.1 Å². The Morgan fingerprint density at radius 3 is 2.63 bits per heavy atom. The molecule has 2 rings (SSSR count). The monoisotopic (exact) mass is 320 g/mol. The van der Waals surface area contributed by atoms with E-state index >= 15 is 0 Å². The normalized spacial score (nSPS) is 10.6. The molecule has 0 bridgehead atoms. The number of nitrogens with zero attached hydrogens (tertiary/aromatic N) is 1. The second kappa shape index (κ2) is 7.38. The van der Waals surface area contributed by atoms with Gasteiger partial charge in [-0.15, -0.1) is 0 Å². The zero-order valence-corrected chi connectivity index (χ0v) is 12.5. The molecule has 2 aromatic rings. The Hall–Kier alpha value is -1.23. The predicted molar refractivity (Wildman–Crippen MR) is 79.6 cm³/mol. The van der Waals surface area contributed by atoms with Gasteiger partial charge in [0.25, 0.3) is 0 Å². The summed E-state index contributed by atoms with van der Waals surface area (Å²) < 4.78 is 6.78. The Balaban J connectivity index is 1.89. The minimum Gasteiger partial charge on any atom is -0.370 e. The Labute approximate surface area is 122 Å². The number of ether oxygens (including phenoxy) is 1. The van der Waals surface area contributed by atoms with Crippen LogP contribution in [0.5, 0.6) is 0 Å². The van der Waals surface area contributed by atoms with Gasteiger partial charge in [-0.2, -0.15) is 0 Å². The maximum Gasteiger partial charge on any atom is 0.0892 e. The molecule has 19 heavy (non-hydrogen) atoms. The molecular weight excluding hydrogens is 304 g/mol. The van der Waals surface area contributed by atoms with Gasteiger partial charge in [-0.25, -0.2) is 0 Å². The van der Waals surface area contributed by atoms with Crippen molar-refractivity contribution >= 4 is 15.9 Å². The van der Waals surface area contributed by atoms with Gasteiger partial charge in [-0.3, -0.25) is 4.98 Å². The predicted octanol–water partition coefficient (Wildman–Crippen LogP) is 3.28. The molecule has 1 N–H and O–H groups in total. The standard InChI is InChI=1S/C15H17BrN2O/c1-17-9-13-6-4-7-14(18-13)11-19-10-12-5-2-3-8-15(12)16/h2-8,17H,9-11H2,1H3. The summed E-state index contributed by atoms with van der Waals surface area (Å²) in [5.41, 5.74) is 3.14. The maximum absolute atomic E-state index is 5.71. The lowest BCUT2D eigenvalue weighted by atomic mass is 10.2. The van der Waals surface area contributed by atoms with Gasteiger partial charge in [0, 0.05) is 11.0 Å². The van der Waals surface area contributed by atoms with Crippen molar-refractivity contribution in [2.75, 3.05) is 7.05 Å².